The van der Waals surface area contributed by atoms with E-state index in [1.807, 2.05) is 70.4 Å². The number of benzene rings is 2. The highest BCUT2D eigenvalue weighted by molar-refractivity contribution is 9.10. The molecular weight excluding hydrogens is 504 g/mol. The summed E-state index contributed by atoms with van der Waals surface area (Å²) < 4.78 is 2.87. The molecule has 2 aromatic heterocycles. The third kappa shape index (κ3) is 4.80. The standard InChI is InChI=1S/C27H29BrN6O/c1-3-7-19(2)24-30-25(23-18-29-34(26(23)31-24)22-8-5-4-6-9-22)32-14-16-33(17-15-32)27(35)20-10-12-21(28)13-11-20/h4-6,8-13,18-19H,3,7,14-17H2,1-2H3. The van der Waals surface area contributed by atoms with Gasteiger partial charge >= 0.3 is 0 Å². The fourth-order valence-corrected chi connectivity index (χ4v) is 4.85. The van der Waals surface area contributed by atoms with E-state index < -0.39 is 0 Å². The maximum Gasteiger partial charge on any atom is 0.253 e. The number of aromatic nitrogens is 4. The molecule has 1 aliphatic rings. The normalized spacial score (nSPS) is 14.9. The third-order valence-electron chi connectivity index (χ3n) is 6.55. The van der Waals surface area contributed by atoms with Crippen LogP contribution in [-0.2, 0) is 0 Å². The summed E-state index contributed by atoms with van der Waals surface area (Å²) in [7, 11) is 0. The number of halogens is 1. The first kappa shape index (κ1) is 23.5. The van der Waals surface area contributed by atoms with E-state index in [2.05, 4.69) is 39.8 Å². The van der Waals surface area contributed by atoms with Crippen LogP contribution < -0.4 is 4.90 Å². The molecule has 1 saturated heterocycles. The molecule has 0 radical (unpaired) electrons. The first-order chi connectivity index (χ1) is 17.0. The first-order valence-electron chi connectivity index (χ1n) is 12.2. The van der Waals surface area contributed by atoms with Crippen LogP contribution in [0.5, 0.6) is 0 Å². The van der Waals surface area contributed by atoms with Crippen LogP contribution in [0.4, 0.5) is 5.82 Å². The van der Waals surface area contributed by atoms with Crippen molar-refractivity contribution in [2.24, 2.45) is 0 Å². The average Bonchev–Trinajstić information content (AvgIpc) is 3.33. The molecular formula is C27H29BrN6O. The molecule has 1 atom stereocenters. The molecule has 0 aliphatic carbocycles. The van der Waals surface area contributed by atoms with Gasteiger partial charge in [-0.2, -0.15) is 5.10 Å². The molecule has 0 bridgehead atoms. The molecule has 0 saturated carbocycles. The van der Waals surface area contributed by atoms with Crippen LogP contribution in [0.1, 0.15) is 48.8 Å². The Morgan fingerprint density at radius 2 is 1.71 bits per heavy atom. The topological polar surface area (TPSA) is 67.2 Å². The lowest BCUT2D eigenvalue weighted by atomic mass is 10.1. The Kier molecular flexibility index (Phi) is 6.81. The number of carbonyl (C=O) groups excluding carboxylic acids is 1. The van der Waals surface area contributed by atoms with E-state index in [4.69, 9.17) is 9.97 Å². The second-order valence-corrected chi connectivity index (χ2v) is 9.93. The van der Waals surface area contributed by atoms with Crippen molar-refractivity contribution in [3.05, 3.63) is 76.7 Å². The molecule has 1 unspecified atom stereocenters. The van der Waals surface area contributed by atoms with Crippen LogP contribution in [0, 0.1) is 0 Å². The van der Waals surface area contributed by atoms with Gasteiger partial charge in [0.2, 0.25) is 0 Å². The average molecular weight is 533 g/mol. The quantitative estimate of drug-likeness (QED) is 0.330. The lowest BCUT2D eigenvalue weighted by molar-refractivity contribution is 0.0746. The van der Waals surface area contributed by atoms with Crippen LogP contribution in [0.25, 0.3) is 16.7 Å². The van der Waals surface area contributed by atoms with Gasteiger partial charge in [0.25, 0.3) is 5.91 Å². The largest absolute Gasteiger partial charge is 0.352 e. The van der Waals surface area contributed by atoms with Crippen molar-refractivity contribution in [2.45, 2.75) is 32.6 Å². The predicted molar refractivity (Wildman–Crippen MR) is 142 cm³/mol. The molecule has 1 fully saturated rings. The number of nitrogens with zero attached hydrogens (tertiary/aromatic N) is 6. The monoisotopic (exact) mass is 532 g/mol. The Bertz CT molecular complexity index is 1310. The highest BCUT2D eigenvalue weighted by atomic mass is 79.9. The minimum Gasteiger partial charge on any atom is -0.352 e. The predicted octanol–water partition coefficient (Wildman–Crippen LogP) is 5.44. The van der Waals surface area contributed by atoms with Gasteiger partial charge in [-0.25, -0.2) is 14.6 Å². The molecule has 8 heteroatoms. The Morgan fingerprint density at radius 1 is 1.00 bits per heavy atom. The van der Waals surface area contributed by atoms with Crippen LogP contribution >= 0.6 is 15.9 Å². The Morgan fingerprint density at radius 3 is 2.40 bits per heavy atom. The smallest absolute Gasteiger partial charge is 0.253 e. The Hall–Kier alpha value is -3.26. The van der Waals surface area contributed by atoms with E-state index in [1.54, 1.807) is 0 Å². The molecule has 5 rings (SSSR count). The number of hydrogen-bond donors (Lipinski definition) is 0. The Balaban J connectivity index is 1.45. The zero-order chi connectivity index (χ0) is 24.4. The second-order valence-electron chi connectivity index (χ2n) is 9.01. The molecule has 1 amide bonds. The molecule has 7 nitrogen and oxygen atoms in total. The van der Waals surface area contributed by atoms with Crippen molar-refractivity contribution in [3.8, 4) is 5.69 Å². The summed E-state index contributed by atoms with van der Waals surface area (Å²) in [6.45, 7) is 7.09. The summed E-state index contributed by atoms with van der Waals surface area (Å²) in [4.78, 5) is 27.2. The maximum atomic E-state index is 13.0. The molecule has 1 aliphatic heterocycles. The van der Waals surface area contributed by atoms with Gasteiger partial charge < -0.3 is 9.80 Å². The van der Waals surface area contributed by atoms with Crippen molar-refractivity contribution in [1.29, 1.82) is 0 Å². The van der Waals surface area contributed by atoms with Crippen LogP contribution in [0.3, 0.4) is 0 Å². The number of amides is 1. The fourth-order valence-electron chi connectivity index (χ4n) is 4.59. The molecule has 4 aromatic rings. The van der Waals surface area contributed by atoms with E-state index in [0.29, 0.717) is 31.7 Å². The van der Waals surface area contributed by atoms with Gasteiger partial charge in [0.1, 0.15) is 11.6 Å². The number of piperazine rings is 1. The summed E-state index contributed by atoms with van der Waals surface area (Å²) in [5.41, 5.74) is 2.52. The fraction of sp³-hybridized carbons (Fsp3) is 0.333. The zero-order valence-corrected chi connectivity index (χ0v) is 21.6. The number of hydrogen-bond acceptors (Lipinski definition) is 5. The van der Waals surface area contributed by atoms with Gasteiger partial charge in [0.15, 0.2) is 5.65 Å². The van der Waals surface area contributed by atoms with Crippen LogP contribution in [-0.4, -0.2) is 56.7 Å². The molecule has 3 heterocycles. The van der Waals surface area contributed by atoms with E-state index in [0.717, 1.165) is 45.7 Å². The van der Waals surface area contributed by atoms with Gasteiger partial charge in [-0.05, 0) is 42.8 Å². The summed E-state index contributed by atoms with van der Waals surface area (Å²) in [5, 5.41) is 5.62. The number of carbonyl (C=O) groups is 1. The van der Waals surface area contributed by atoms with Gasteiger partial charge in [-0.1, -0.05) is 54.4 Å². The lowest BCUT2D eigenvalue weighted by Gasteiger charge is -2.36. The van der Waals surface area contributed by atoms with E-state index in [9.17, 15) is 4.79 Å². The number of rotatable bonds is 6. The highest BCUT2D eigenvalue weighted by Gasteiger charge is 2.26. The molecule has 0 N–H and O–H groups in total. The SMILES string of the molecule is CCCC(C)c1nc(N2CCN(C(=O)c3ccc(Br)cc3)CC2)c2cnn(-c3ccccc3)c2n1. The summed E-state index contributed by atoms with van der Waals surface area (Å²) in [5.74, 6) is 2.08. The zero-order valence-electron chi connectivity index (χ0n) is 20.1. The number of fused-ring (bicyclic) bond motifs is 1. The minimum atomic E-state index is 0.0686. The molecule has 2 aromatic carbocycles. The highest BCUT2D eigenvalue weighted by Crippen LogP contribution is 2.30. The first-order valence-corrected chi connectivity index (χ1v) is 13.0. The second kappa shape index (κ2) is 10.2. The molecule has 35 heavy (non-hydrogen) atoms. The van der Waals surface area contributed by atoms with E-state index in [1.165, 1.54) is 0 Å². The van der Waals surface area contributed by atoms with E-state index >= 15 is 0 Å². The maximum absolute atomic E-state index is 13.0. The van der Waals surface area contributed by atoms with Gasteiger partial charge in [0.05, 0.1) is 17.3 Å². The van der Waals surface area contributed by atoms with Crippen molar-refractivity contribution < 1.29 is 4.79 Å². The number of anilines is 1. The third-order valence-corrected chi connectivity index (χ3v) is 7.08. The summed E-state index contributed by atoms with van der Waals surface area (Å²) >= 11 is 3.44. The van der Waals surface area contributed by atoms with Gasteiger partial charge in [-0.3, -0.25) is 4.79 Å². The van der Waals surface area contributed by atoms with Gasteiger partial charge in [0, 0.05) is 42.1 Å². The van der Waals surface area contributed by atoms with Crippen LogP contribution in [0.2, 0.25) is 0 Å². The minimum absolute atomic E-state index is 0.0686. The molecule has 0 spiro atoms. The van der Waals surface area contributed by atoms with Gasteiger partial charge in [-0.15, -0.1) is 0 Å². The van der Waals surface area contributed by atoms with Crippen molar-refractivity contribution in [1.82, 2.24) is 24.6 Å². The lowest BCUT2D eigenvalue weighted by Crippen LogP contribution is -2.49. The summed E-state index contributed by atoms with van der Waals surface area (Å²) in [6, 6.07) is 17.6. The van der Waals surface area contributed by atoms with Crippen molar-refractivity contribution in [2.75, 3.05) is 31.1 Å². The van der Waals surface area contributed by atoms with Crippen molar-refractivity contribution in [3.63, 3.8) is 0 Å². The Labute approximate surface area is 213 Å². The molecule has 180 valence electrons. The summed E-state index contributed by atoms with van der Waals surface area (Å²) in [6.07, 6.45) is 3.97. The number of para-hydroxylation sites is 1. The van der Waals surface area contributed by atoms with E-state index in [-0.39, 0.29) is 11.8 Å². The van der Waals surface area contributed by atoms with Crippen molar-refractivity contribution >= 4 is 38.7 Å². The van der Waals surface area contributed by atoms with Crippen LogP contribution in [0.15, 0.2) is 65.3 Å².